The highest BCUT2D eigenvalue weighted by Crippen LogP contribution is 2.33. The van der Waals surface area contributed by atoms with E-state index in [2.05, 4.69) is 21.2 Å². The Balaban J connectivity index is 1.77. The van der Waals surface area contributed by atoms with Crippen molar-refractivity contribution in [3.05, 3.63) is 51.9 Å². The molecule has 1 N–H and O–H groups in total. The molecule has 1 amide bonds. The fourth-order valence-electron chi connectivity index (χ4n) is 2.58. The van der Waals surface area contributed by atoms with Gasteiger partial charge in [-0.05, 0) is 34.1 Å². The van der Waals surface area contributed by atoms with Crippen LogP contribution in [0.15, 0.2) is 46.3 Å². The van der Waals surface area contributed by atoms with Crippen molar-refractivity contribution < 1.29 is 14.3 Å². The van der Waals surface area contributed by atoms with Gasteiger partial charge in [0.25, 0.3) is 5.91 Å². The van der Waals surface area contributed by atoms with Crippen molar-refractivity contribution in [3.8, 4) is 5.75 Å². The molecule has 0 aliphatic heterocycles. The molecule has 3 aromatic rings. The number of carbonyl (C=O) groups excluding carboxylic acids is 1. The molecule has 0 atom stereocenters. The van der Waals surface area contributed by atoms with Crippen molar-refractivity contribution in [2.75, 3.05) is 26.9 Å². The van der Waals surface area contributed by atoms with E-state index < -0.39 is 0 Å². The largest absolute Gasteiger partial charge is 0.492 e. The molecule has 0 spiro atoms. The summed E-state index contributed by atoms with van der Waals surface area (Å²) in [6.07, 6.45) is 0. The Morgan fingerprint density at radius 2 is 2.08 bits per heavy atom. The zero-order valence-electron chi connectivity index (χ0n) is 13.8. The summed E-state index contributed by atoms with van der Waals surface area (Å²) in [7, 11) is 1.61. The molecular weight excluding hydrogens is 404 g/mol. The highest BCUT2D eigenvalue weighted by molar-refractivity contribution is 9.10. The number of aromatic nitrogens is 1. The van der Waals surface area contributed by atoms with Crippen molar-refractivity contribution in [1.29, 1.82) is 0 Å². The molecule has 2 heterocycles. The third-order valence-electron chi connectivity index (χ3n) is 3.73. The van der Waals surface area contributed by atoms with Crippen LogP contribution in [0, 0.1) is 0 Å². The summed E-state index contributed by atoms with van der Waals surface area (Å²) in [5.41, 5.74) is 1.66. The number of thiophene rings is 1. The summed E-state index contributed by atoms with van der Waals surface area (Å²) in [6, 6.07) is 11.6. The van der Waals surface area contributed by atoms with Crippen LogP contribution in [0.25, 0.3) is 10.2 Å². The van der Waals surface area contributed by atoms with E-state index in [4.69, 9.17) is 9.47 Å². The van der Waals surface area contributed by atoms with Gasteiger partial charge in [-0.3, -0.25) is 4.79 Å². The third kappa shape index (κ3) is 4.23. The maximum absolute atomic E-state index is 12.5. The van der Waals surface area contributed by atoms with Crippen molar-refractivity contribution in [2.24, 2.45) is 0 Å². The van der Waals surface area contributed by atoms with Crippen LogP contribution in [0.1, 0.15) is 10.5 Å². The van der Waals surface area contributed by atoms with E-state index in [1.54, 1.807) is 18.4 Å². The molecule has 0 radical (unpaired) electrons. The van der Waals surface area contributed by atoms with Gasteiger partial charge in [0.05, 0.1) is 27.8 Å². The molecule has 0 unspecified atom stereocenters. The lowest BCUT2D eigenvalue weighted by molar-refractivity contribution is 0.0927. The quantitative estimate of drug-likeness (QED) is 0.559. The molecule has 0 saturated heterocycles. The zero-order chi connectivity index (χ0) is 17.6. The number of nitrogens with zero attached hydrogens (tertiary/aromatic N) is 1. The molecule has 0 saturated carbocycles. The Labute approximate surface area is 158 Å². The van der Waals surface area contributed by atoms with Crippen molar-refractivity contribution in [1.82, 2.24) is 9.88 Å². The van der Waals surface area contributed by atoms with Gasteiger partial charge in [-0.2, -0.15) is 0 Å². The van der Waals surface area contributed by atoms with Crippen molar-refractivity contribution in [3.63, 3.8) is 0 Å². The van der Waals surface area contributed by atoms with Crippen molar-refractivity contribution >= 4 is 43.4 Å². The van der Waals surface area contributed by atoms with Gasteiger partial charge in [0.1, 0.15) is 18.1 Å². The Kier molecular flexibility index (Phi) is 6.12. The number of methoxy groups -OCH3 is 1. The maximum atomic E-state index is 12.5. The minimum Gasteiger partial charge on any atom is -0.492 e. The number of para-hydroxylation sites is 1. The maximum Gasteiger partial charge on any atom is 0.268 e. The molecule has 0 aliphatic rings. The molecule has 132 valence electrons. The van der Waals surface area contributed by atoms with Crippen LogP contribution in [-0.4, -0.2) is 37.3 Å². The normalized spacial score (nSPS) is 11.0. The SMILES string of the molecule is COCCNC(=O)c1cc2scc(Br)c2n1CCOc1ccccc1. The van der Waals surface area contributed by atoms with Gasteiger partial charge < -0.3 is 19.4 Å². The molecule has 0 aliphatic carbocycles. The van der Waals surface area contributed by atoms with Crippen LogP contribution in [-0.2, 0) is 11.3 Å². The minimum atomic E-state index is -0.105. The minimum absolute atomic E-state index is 0.105. The van der Waals surface area contributed by atoms with E-state index in [0.717, 1.165) is 20.4 Å². The third-order valence-corrected chi connectivity index (χ3v) is 5.55. The van der Waals surface area contributed by atoms with Gasteiger partial charge in [0, 0.05) is 19.0 Å². The highest BCUT2D eigenvalue weighted by Gasteiger charge is 2.18. The van der Waals surface area contributed by atoms with Crippen LogP contribution >= 0.6 is 27.3 Å². The summed E-state index contributed by atoms with van der Waals surface area (Å²) in [4.78, 5) is 12.5. The number of nitrogens with one attached hydrogen (secondary N) is 1. The van der Waals surface area contributed by atoms with Gasteiger partial charge in [0.15, 0.2) is 0 Å². The average molecular weight is 423 g/mol. The summed E-state index contributed by atoms with van der Waals surface area (Å²) >= 11 is 5.19. The second-order valence-electron chi connectivity index (χ2n) is 5.39. The number of benzene rings is 1. The topological polar surface area (TPSA) is 52.5 Å². The molecule has 0 fully saturated rings. The number of fused-ring (bicyclic) bond motifs is 1. The number of amides is 1. The molecule has 1 aromatic carbocycles. The Morgan fingerprint density at radius 1 is 1.28 bits per heavy atom. The van der Waals surface area contributed by atoms with Gasteiger partial charge in [-0.15, -0.1) is 11.3 Å². The molecule has 25 heavy (non-hydrogen) atoms. The van der Waals surface area contributed by atoms with Crippen LogP contribution < -0.4 is 10.1 Å². The Hall–Kier alpha value is -1.83. The lowest BCUT2D eigenvalue weighted by Gasteiger charge is -2.12. The number of rotatable bonds is 8. The van der Waals surface area contributed by atoms with Gasteiger partial charge >= 0.3 is 0 Å². The first-order valence-corrected chi connectivity index (χ1v) is 9.59. The van der Waals surface area contributed by atoms with E-state index in [0.29, 0.717) is 32.0 Å². The first-order chi connectivity index (χ1) is 12.2. The monoisotopic (exact) mass is 422 g/mol. The predicted octanol–water partition coefficient (Wildman–Crippen LogP) is 3.92. The smallest absolute Gasteiger partial charge is 0.268 e. The van der Waals surface area contributed by atoms with E-state index in [-0.39, 0.29) is 5.91 Å². The molecular formula is C18H19BrN2O3S. The van der Waals surface area contributed by atoms with Gasteiger partial charge in [-0.25, -0.2) is 0 Å². The predicted molar refractivity (Wildman–Crippen MR) is 104 cm³/mol. The fourth-order valence-corrected chi connectivity index (χ4v) is 4.27. The van der Waals surface area contributed by atoms with Crippen LogP contribution in [0.5, 0.6) is 5.75 Å². The lowest BCUT2D eigenvalue weighted by atomic mass is 10.3. The van der Waals surface area contributed by atoms with Crippen LogP contribution in [0.2, 0.25) is 0 Å². The number of halogens is 1. The number of carbonyl (C=O) groups is 1. The molecule has 5 nitrogen and oxygen atoms in total. The average Bonchev–Trinajstić information content (AvgIpc) is 3.17. The number of hydrogen-bond donors (Lipinski definition) is 1. The summed E-state index contributed by atoms with van der Waals surface area (Å²) < 4.78 is 14.8. The Morgan fingerprint density at radius 3 is 2.84 bits per heavy atom. The fraction of sp³-hybridized carbons (Fsp3) is 0.278. The van der Waals surface area contributed by atoms with Crippen LogP contribution in [0.4, 0.5) is 0 Å². The summed E-state index contributed by atoms with van der Waals surface area (Å²) in [5, 5.41) is 4.92. The van der Waals surface area contributed by atoms with E-state index in [1.165, 1.54) is 0 Å². The van der Waals surface area contributed by atoms with Gasteiger partial charge in [-0.1, -0.05) is 18.2 Å². The Bertz CT molecular complexity index is 845. The van der Waals surface area contributed by atoms with Gasteiger partial charge in [0.2, 0.25) is 0 Å². The lowest BCUT2D eigenvalue weighted by Crippen LogP contribution is -2.29. The van der Waals surface area contributed by atoms with E-state index >= 15 is 0 Å². The number of ether oxygens (including phenoxy) is 2. The number of hydrogen-bond acceptors (Lipinski definition) is 4. The van der Waals surface area contributed by atoms with Crippen LogP contribution in [0.3, 0.4) is 0 Å². The van der Waals surface area contributed by atoms with E-state index in [9.17, 15) is 4.79 Å². The summed E-state index contributed by atoms with van der Waals surface area (Å²) in [5.74, 6) is 0.716. The molecule has 7 heteroatoms. The first kappa shape index (κ1) is 18.0. The molecule has 0 bridgehead atoms. The van der Waals surface area contributed by atoms with E-state index in [1.807, 2.05) is 46.3 Å². The second-order valence-corrected chi connectivity index (χ2v) is 7.15. The van der Waals surface area contributed by atoms with Crippen molar-refractivity contribution in [2.45, 2.75) is 6.54 Å². The summed E-state index contributed by atoms with van der Waals surface area (Å²) in [6.45, 7) is 2.03. The standard InChI is InChI=1S/C18H19BrN2O3S/c1-23-9-7-20-18(22)15-11-16-17(14(19)12-25-16)21(15)8-10-24-13-5-3-2-4-6-13/h2-6,11-12H,7-10H2,1H3,(H,20,22). The first-order valence-electron chi connectivity index (χ1n) is 7.92. The molecule has 3 rings (SSSR count). The molecule has 2 aromatic heterocycles. The zero-order valence-corrected chi connectivity index (χ0v) is 16.2. The second kappa shape index (κ2) is 8.51. The highest BCUT2D eigenvalue weighted by atomic mass is 79.9.